The molecule has 0 aliphatic carbocycles. The van der Waals surface area contributed by atoms with Crippen molar-refractivity contribution < 1.29 is 13.2 Å². The number of sulfonamides is 1. The molecule has 0 saturated carbocycles. The van der Waals surface area contributed by atoms with Gasteiger partial charge in [0, 0.05) is 45.0 Å². The Bertz CT molecular complexity index is 956. The average molecular weight is 429 g/mol. The van der Waals surface area contributed by atoms with Crippen molar-refractivity contribution in [3.8, 4) is 0 Å². The summed E-state index contributed by atoms with van der Waals surface area (Å²) in [5.74, 6) is 0.150. The minimum atomic E-state index is -3.18. The predicted octanol–water partition coefficient (Wildman–Crippen LogP) is 1.98. The number of benzene rings is 2. The SMILES string of the molecule is O=C(CN1CCN(Cc2ccccc2)CC1)Nc1ccc(N2CCCS2(=O)=O)cc1. The zero-order chi connectivity index (χ0) is 21.0. The van der Waals surface area contributed by atoms with Crippen molar-refractivity contribution in [2.75, 3.05) is 54.6 Å². The smallest absolute Gasteiger partial charge is 0.238 e. The third-order valence-corrected chi connectivity index (χ3v) is 7.49. The van der Waals surface area contributed by atoms with Gasteiger partial charge in [0.05, 0.1) is 18.0 Å². The second-order valence-electron chi connectivity index (χ2n) is 7.87. The highest BCUT2D eigenvalue weighted by Crippen LogP contribution is 2.25. The maximum Gasteiger partial charge on any atom is 0.238 e. The van der Waals surface area contributed by atoms with Crippen LogP contribution in [0.4, 0.5) is 11.4 Å². The lowest BCUT2D eigenvalue weighted by Gasteiger charge is -2.34. The highest BCUT2D eigenvalue weighted by molar-refractivity contribution is 7.93. The van der Waals surface area contributed by atoms with Gasteiger partial charge < -0.3 is 5.32 Å². The van der Waals surface area contributed by atoms with E-state index in [0.29, 0.717) is 30.9 Å². The van der Waals surface area contributed by atoms with Crippen LogP contribution in [0.3, 0.4) is 0 Å². The van der Waals surface area contributed by atoms with Gasteiger partial charge in [0.1, 0.15) is 0 Å². The molecule has 30 heavy (non-hydrogen) atoms. The van der Waals surface area contributed by atoms with E-state index in [1.165, 1.54) is 9.87 Å². The Morgan fingerprint density at radius 1 is 0.867 bits per heavy atom. The number of carbonyl (C=O) groups excluding carboxylic acids is 1. The number of nitrogens with zero attached hydrogens (tertiary/aromatic N) is 3. The van der Waals surface area contributed by atoms with Gasteiger partial charge in [-0.3, -0.25) is 18.9 Å². The molecule has 0 aromatic heterocycles. The molecular weight excluding hydrogens is 400 g/mol. The van der Waals surface area contributed by atoms with Crippen LogP contribution in [0, 0.1) is 0 Å². The molecule has 0 spiro atoms. The molecule has 2 aromatic rings. The first-order chi connectivity index (χ1) is 14.5. The Morgan fingerprint density at radius 2 is 1.53 bits per heavy atom. The third-order valence-electron chi connectivity index (χ3n) is 5.62. The summed E-state index contributed by atoms with van der Waals surface area (Å²) in [7, 11) is -3.18. The zero-order valence-corrected chi connectivity index (χ0v) is 17.9. The quantitative estimate of drug-likeness (QED) is 0.762. The molecule has 2 saturated heterocycles. The van der Waals surface area contributed by atoms with E-state index in [2.05, 4.69) is 39.4 Å². The fourth-order valence-electron chi connectivity index (χ4n) is 3.99. The number of hydrogen-bond acceptors (Lipinski definition) is 5. The first-order valence-corrected chi connectivity index (χ1v) is 12.0. The number of rotatable bonds is 6. The summed E-state index contributed by atoms with van der Waals surface area (Å²) >= 11 is 0. The lowest BCUT2D eigenvalue weighted by molar-refractivity contribution is -0.117. The minimum absolute atomic E-state index is 0.0481. The normalized spacial score (nSPS) is 19.7. The van der Waals surface area contributed by atoms with E-state index >= 15 is 0 Å². The van der Waals surface area contributed by atoms with Crippen molar-refractivity contribution in [3.63, 3.8) is 0 Å². The Labute approximate surface area is 178 Å². The molecule has 1 amide bonds. The fourth-order valence-corrected chi connectivity index (χ4v) is 5.56. The van der Waals surface area contributed by atoms with Crippen molar-refractivity contribution >= 4 is 27.3 Å². The third kappa shape index (κ3) is 5.19. The van der Waals surface area contributed by atoms with E-state index in [-0.39, 0.29) is 11.7 Å². The Hall–Kier alpha value is -2.42. The van der Waals surface area contributed by atoms with Gasteiger partial charge in [-0.1, -0.05) is 30.3 Å². The molecule has 4 rings (SSSR count). The number of amides is 1. The van der Waals surface area contributed by atoms with Crippen LogP contribution in [0.1, 0.15) is 12.0 Å². The molecule has 2 fully saturated rings. The van der Waals surface area contributed by atoms with Crippen LogP contribution >= 0.6 is 0 Å². The second-order valence-corrected chi connectivity index (χ2v) is 9.89. The standard InChI is InChI=1S/C22H28N4O3S/c27-22(18-25-14-12-24(13-15-25)17-19-5-2-1-3-6-19)23-20-7-9-21(10-8-20)26-11-4-16-30(26,28)29/h1-3,5-10H,4,11-18H2,(H,23,27). The summed E-state index contributed by atoms with van der Waals surface area (Å²) in [5, 5.41) is 2.92. The second kappa shape index (κ2) is 9.16. The fraction of sp³-hybridized carbons (Fsp3) is 0.409. The molecular formula is C22H28N4O3S. The summed E-state index contributed by atoms with van der Waals surface area (Å²) in [4.78, 5) is 17.0. The molecule has 0 atom stereocenters. The molecule has 1 N–H and O–H groups in total. The summed E-state index contributed by atoms with van der Waals surface area (Å²) in [6.07, 6.45) is 0.652. The molecule has 7 nitrogen and oxygen atoms in total. The number of nitrogens with one attached hydrogen (secondary N) is 1. The number of carbonyl (C=O) groups is 1. The highest BCUT2D eigenvalue weighted by atomic mass is 32.2. The van der Waals surface area contributed by atoms with Crippen LogP contribution in [-0.4, -0.2) is 69.1 Å². The van der Waals surface area contributed by atoms with E-state index in [9.17, 15) is 13.2 Å². The number of hydrogen-bond donors (Lipinski definition) is 1. The van der Waals surface area contributed by atoms with Crippen LogP contribution < -0.4 is 9.62 Å². The van der Waals surface area contributed by atoms with E-state index in [1.54, 1.807) is 24.3 Å². The van der Waals surface area contributed by atoms with Crippen molar-refractivity contribution in [3.05, 3.63) is 60.2 Å². The van der Waals surface area contributed by atoms with Crippen LogP contribution in [0.15, 0.2) is 54.6 Å². The summed E-state index contributed by atoms with van der Waals surface area (Å²) in [5.41, 5.74) is 2.65. The minimum Gasteiger partial charge on any atom is -0.325 e. The van der Waals surface area contributed by atoms with Crippen molar-refractivity contribution in [2.45, 2.75) is 13.0 Å². The van der Waals surface area contributed by atoms with E-state index in [0.717, 1.165) is 32.7 Å². The van der Waals surface area contributed by atoms with E-state index in [1.807, 2.05) is 6.07 Å². The molecule has 160 valence electrons. The molecule has 0 unspecified atom stereocenters. The molecule has 2 aliphatic rings. The van der Waals surface area contributed by atoms with E-state index < -0.39 is 10.0 Å². The largest absolute Gasteiger partial charge is 0.325 e. The summed E-state index contributed by atoms with van der Waals surface area (Å²) in [6.45, 7) is 5.45. The molecule has 2 aromatic carbocycles. The van der Waals surface area contributed by atoms with Gasteiger partial charge >= 0.3 is 0 Å². The maximum absolute atomic E-state index is 12.4. The van der Waals surface area contributed by atoms with Crippen LogP contribution in [0.2, 0.25) is 0 Å². The van der Waals surface area contributed by atoms with Crippen molar-refractivity contribution in [1.29, 1.82) is 0 Å². The maximum atomic E-state index is 12.4. The van der Waals surface area contributed by atoms with Gasteiger partial charge in [-0.15, -0.1) is 0 Å². The van der Waals surface area contributed by atoms with Gasteiger partial charge in [-0.25, -0.2) is 8.42 Å². The van der Waals surface area contributed by atoms with Crippen molar-refractivity contribution in [2.24, 2.45) is 0 Å². The molecule has 0 radical (unpaired) electrons. The lowest BCUT2D eigenvalue weighted by Crippen LogP contribution is -2.48. The van der Waals surface area contributed by atoms with Gasteiger partial charge in [-0.2, -0.15) is 0 Å². The molecule has 2 aliphatic heterocycles. The Balaban J connectivity index is 1.23. The highest BCUT2D eigenvalue weighted by Gasteiger charge is 2.28. The van der Waals surface area contributed by atoms with Crippen LogP contribution in [-0.2, 0) is 21.4 Å². The lowest BCUT2D eigenvalue weighted by atomic mass is 10.2. The molecule has 8 heteroatoms. The van der Waals surface area contributed by atoms with Gasteiger partial charge in [0.2, 0.25) is 15.9 Å². The van der Waals surface area contributed by atoms with E-state index in [4.69, 9.17) is 0 Å². The first kappa shape index (κ1) is 20.8. The Morgan fingerprint density at radius 3 is 2.17 bits per heavy atom. The monoisotopic (exact) mass is 428 g/mol. The predicted molar refractivity (Wildman–Crippen MR) is 119 cm³/mol. The van der Waals surface area contributed by atoms with Gasteiger partial charge in [-0.05, 0) is 36.2 Å². The summed E-state index contributed by atoms with van der Waals surface area (Å²) < 4.78 is 25.5. The van der Waals surface area contributed by atoms with Crippen molar-refractivity contribution in [1.82, 2.24) is 9.80 Å². The molecule has 2 heterocycles. The van der Waals surface area contributed by atoms with Crippen LogP contribution in [0.25, 0.3) is 0 Å². The topological polar surface area (TPSA) is 73.0 Å². The average Bonchev–Trinajstić information content (AvgIpc) is 3.10. The Kier molecular flexibility index (Phi) is 6.36. The number of anilines is 2. The summed E-state index contributed by atoms with van der Waals surface area (Å²) in [6, 6.07) is 17.5. The first-order valence-electron chi connectivity index (χ1n) is 10.4. The van der Waals surface area contributed by atoms with Gasteiger partial charge in [0.15, 0.2) is 0 Å². The van der Waals surface area contributed by atoms with Gasteiger partial charge in [0.25, 0.3) is 0 Å². The van der Waals surface area contributed by atoms with Crippen LogP contribution in [0.5, 0.6) is 0 Å². The number of piperazine rings is 1. The zero-order valence-electron chi connectivity index (χ0n) is 17.0. The molecule has 0 bridgehead atoms.